The molecule has 4 aromatic rings. The van der Waals surface area contributed by atoms with Gasteiger partial charge in [-0.2, -0.15) is 0 Å². The van der Waals surface area contributed by atoms with Crippen molar-refractivity contribution in [3.8, 4) is 11.5 Å². The Morgan fingerprint density at radius 1 is 1.03 bits per heavy atom. The first kappa shape index (κ1) is 18.8. The lowest BCUT2D eigenvalue weighted by atomic mass is 10.2. The largest absolute Gasteiger partial charge is 0.411 e. The molecule has 0 saturated heterocycles. The van der Waals surface area contributed by atoms with E-state index in [1.54, 1.807) is 31.2 Å². The van der Waals surface area contributed by atoms with E-state index in [1.807, 2.05) is 36.5 Å². The number of carbonyl (C=O) groups is 2. The van der Waals surface area contributed by atoms with Crippen LogP contribution < -0.4 is 10.9 Å². The molecule has 0 aliphatic rings. The maximum atomic E-state index is 12.3. The maximum Gasteiger partial charge on any atom is 0.277 e. The van der Waals surface area contributed by atoms with E-state index in [0.717, 1.165) is 28.2 Å². The van der Waals surface area contributed by atoms with Crippen LogP contribution in [-0.4, -0.2) is 32.2 Å². The fourth-order valence-electron chi connectivity index (χ4n) is 2.70. The van der Waals surface area contributed by atoms with Crippen molar-refractivity contribution in [1.29, 1.82) is 0 Å². The van der Waals surface area contributed by atoms with Crippen molar-refractivity contribution in [3.63, 3.8) is 0 Å². The molecule has 29 heavy (non-hydrogen) atoms. The zero-order valence-corrected chi connectivity index (χ0v) is 16.2. The summed E-state index contributed by atoms with van der Waals surface area (Å²) in [7, 11) is 0. The van der Waals surface area contributed by atoms with Gasteiger partial charge in [-0.05, 0) is 25.1 Å². The summed E-state index contributed by atoms with van der Waals surface area (Å²) in [6.07, 6.45) is 1.81. The van der Waals surface area contributed by atoms with E-state index in [-0.39, 0.29) is 11.1 Å². The number of amides is 2. The summed E-state index contributed by atoms with van der Waals surface area (Å²) in [6, 6.07) is 16.4. The molecular weight excluding hydrogens is 390 g/mol. The Balaban J connectivity index is 1.37. The number of para-hydroxylation sites is 1. The van der Waals surface area contributed by atoms with Crippen LogP contribution in [0.4, 0.5) is 0 Å². The van der Waals surface area contributed by atoms with E-state index >= 15 is 0 Å². The number of aromatic amines is 1. The minimum absolute atomic E-state index is 0.266. The minimum atomic E-state index is -0.553. The van der Waals surface area contributed by atoms with Gasteiger partial charge in [0.05, 0.1) is 10.8 Å². The molecule has 4 rings (SSSR count). The first-order valence-electron chi connectivity index (χ1n) is 8.83. The fraction of sp³-hybridized carbons (Fsp3) is 0.100. The quantitative estimate of drug-likeness (QED) is 0.346. The van der Waals surface area contributed by atoms with Gasteiger partial charge in [-0.1, -0.05) is 48.2 Å². The number of hydrogen-bond acceptors (Lipinski definition) is 6. The topological polar surface area (TPSA) is 113 Å². The van der Waals surface area contributed by atoms with Crippen LogP contribution in [0.3, 0.4) is 0 Å². The van der Waals surface area contributed by atoms with Gasteiger partial charge in [0, 0.05) is 22.7 Å². The van der Waals surface area contributed by atoms with E-state index < -0.39 is 11.2 Å². The predicted octanol–water partition coefficient (Wildman–Crippen LogP) is 3.16. The second kappa shape index (κ2) is 8.19. The fourth-order valence-corrected chi connectivity index (χ4v) is 3.38. The Morgan fingerprint density at radius 2 is 1.79 bits per heavy atom. The SMILES string of the molecule is C[C@H](Sc1nnc(-c2c[nH]c3ccccc23)o1)C(=O)NNC(=O)c1ccccc1. The number of hydrogen-bond donors (Lipinski definition) is 3. The molecule has 2 aromatic carbocycles. The smallest absolute Gasteiger partial charge is 0.277 e. The number of hydrazine groups is 1. The van der Waals surface area contributed by atoms with Gasteiger partial charge in [0.15, 0.2) is 0 Å². The molecule has 1 atom stereocenters. The summed E-state index contributed by atoms with van der Waals surface area (Å²) in [4.78, 5) is 27.4. The number of H-pyrrole nitrogens is 1. The number of rotatable bonds is 5. The lowest BCUT2D eigenvalue weighted by Gasteiger charge is -2.10. The number of benzene rings is 2. The summed E-state index contributed by atoms with van der Waals surface area (Å²) < 4.78 is 5.71. The van der Waals surface area contributed by atoms with Crippen LogP contribution in [0.5, 0.6) is 0 Å². The molecule has 0 fully saturated rings. The lowest BCUT2D eigenvalue weighted by Crippen LogP contribution is -2.44. The van der Waals surface area contributed by atoms with Gasteiger partial charge in [0.2, 0.25) is 0 Å². The molecule has 3 N–H and O–H groups in total. The number of thioether (sulfide) groups is 1. The normalized spacial score (nSPS) is 11.9. The van der Waals surface area contributed by atoms with E-state index in [4.69, 9.17) is 4.42 Å². The lowest BCUT2D eigenvalue weighted by molar-refractivity contribution is -0.121. The first-order chi connectivity index (χ1) is 14.1. The van der Waals surface area contributed by atoms with Crippen LogP contribution in [0.1, 0.15) is 17.3 Å². The molecule has 2 heterocycles. The standard InChI is InChI=1S/C20H17N5O3S/c1-12(17(26)22-23-18(27)13-7-3-2-4-8-13)29-20-25-24-19(28-20)15-11-21-16-10-6-5-9-14(15)16/h2-12,21H,1H3,(H,22,26)(H,23,27)/t12-/m0/s1. The number of fused-ring (bicyclic) bond motifs is 1. The summed E-state index contributed by atoms with van der Waals surface area (Å²) in [5.41, 5.74) is 7.02. The molecule has 0 spiro atoms. The number of aromatic nitrogens is 3. The Hall–Kier alpha value is -3.59. The van der Waals surface area contributed by atoms with Crippen molar-refractivity contribution in [3.05, 3.63) is 66.4 Å². The Morgan fingerprint density at radius 3 is 2.62 bits per heavy atom. The van der Waals surface area contributed by atoms with Crippen molar-refractivity contribution in [2.45, 2.75) is 17.4 Å². The van der Waals surface area contributed by atoms with Crippen LogP contribution in [0.2, 0.25) is 0 Å². The molecule has 9 heteroatoms. The third-order valence-corrected chi connectivity index (χ3v) is 5.14. The second-order valence-corrected chi connectivity index (χ2v) is 7.48. The van der Waals surface area contributed by atoms with Crippen LogP contribution >= 0.6 is 11.8 Å². The van der Waals surface area contributed by atoms with Crippen LogP contribution in [0.25, 0.3) is 22.4 Å². The summed E-state index contributed by atoms with van der Waals surface area (Å²) in [6.45, 7) is 1.68. The molecule has 0 radical (unpaired) electrons. The monoisotopic (exact) mass is 407 g/mol. The molecule has 0 aliphatic heterocycles. The minimum Gasteiger partial charge on any atom is -0.411 e. The van der Waals surface area contributed by atoms with E-state index in [1.165, 1.54) is 0 Å². The van der Waals surface area contributed by atoms with Crippen LogP contribution in [0.15, 0.2) is 70.4 Å². The van der Waals surface area contributed by atoms with Gasteiger partial charge in [-0.25, -0.2) is 0 Å². The van der Waals surface area contributed by atoms with Crippen molar-refractivity contribution in [2.24, 2.45) is 0 Å². The molecule has 2 amide bonds. The maximum absolute atomic E-state index is 12.3. The van der Waals surface area contributed by atoms with Crippen molar-refractivity contribution in [2.75, 3.05) is 0 Å². The molecular formula is C20H17N5O3S. The third kappa shape index (κ3) is 4.14. The second-order valence-electron chi connectivity index (χ2n) is 6.19. The molecule has 8 nitrogen and oxygen atoms in total. The summed E-state index contributed by atoms with van der Waals surface area (Å²) >= 11 is 1.11. The Bertz CT molecular complexity index is 1160. The highest BCUT2D eigenvalue weighted by molar-refractivity contribution is 8.00. The molecule has 0 aliphatic carbocycles. The number of carbonyl (C=O) groups excluding carboxylic acids is 2. The molecule has 0 saturated carbocycles. The molecule has 2 aromatic heterocycles. The average molecular weight is 407 g/mol. The van der Waals surface area contributed by atoms with Gasteiger partial charge in [0.1, 0.15) is 0 Å². The highest BCUT2D eigenvalue weighted by Crippen LogP contribution is 2.30. The number of nitrogens with one attached hydrogen (secondary N) is 3. The van der Waals surface area contributed by atoms with Gasteiger partial charge in [0.25, 0.3) is 22.9 Å². The van der Waals surface area contributed by atoms with Crippen LogP contribution in [-0.2, 0) is 4.79 Å². The van der Waals surface area contributed by atoms with Crippen LogP contribution in [0, 0.1) is 0 Å². The Labute approximate surface area is 170 Å². The van der Waals surface area contributed by atoms with Crippen molar-refractivity contribution in [1.82, 2.24) is 26.0 Å². The predicted molar refractivity (Wildman–Crippen MR) is 109 cm³/mol. The van der Waals surface area contributed by atoms with Crippen molar-refractivity contribution >= 4 is 34.5 Å². The third-order valence-electron chi connectivity index (χ3n) is 4.21. The van der Waals surface area contributed by atoms with E-state index in [9.17, 15) is 9.59 Å². The molecule has 0 bridgehead atoms. The van der Waals surface area contributed by atoms with Gasteiger partial charge >= 0.3 is 0 Å². The Kier molecular flexibility index (Phi) is 5.30. The zero-order chi connectivity index (χ0) is 20.2. The summed E-state index contributed by atoms with van der Waals surface area (Å²) in [5.74, 6) is -0.406. The van der Waals surface area contributed by atoms with E-state index in [2.05, 4.69) is 26.0 Å². The molecule has 0 unspecified atom stereocenters. The average Bonchev–Trinajstić information content (AvgIpc) is 3.39. The highest BCUT2D eigenvalue weighted by Gasteiger charge is 2.20. The van der Waals surface area contributed by atoms with Gasteiger partial charge in [-0.15, -0.1) is 10.2 Å². The van der Waals surface area contributed by atoms with E-state index in [0.29, 0.717) is 11.5 Å². The van der Waals surface area contributed by atoms with Gasteiger partial charge in [-0.3, -0.25) is 20.4 Å². The number of nitrogens with zero attached hydrogens (tertiary/aromatic N) is 2. The first-order valence-corrected chi connectivity index (χ1v) is 9.71. The summed E-state index contributed by atoms with van der Waals surface area (Å²) in [5, 5.41) is 8.77. The highest BCUT2D eigenvalue weighted by atomic mass is 32.2. The van der Waals surface area contributed by atoms with Gasteiger partial charge < -0.3 is 9.40 Å². The molecule has 146 valence electrons. The van der Waals surface area contributed by atoms with Crippen molar-refractivity contribution < 1.29 is 14.0 Å². The zero-order valence-electron chi connectivity index (χ0n) is 15.4.